The zero-order chi connectivity index (χ0) is 53.8. The van der Waals surface area contributed by atoms with E-state index < -0.39 is 10.0 Å². The van der Waals surface area contributed by atoms with Crippen molar-refractivity contribution in [2.45, 2.75) is 38.7 Å². The molecule has 2 saturated heterocycles. The van der Waals surface area contributed by atoms with Gasteiger partial charge in [0.1, 0.15) is 34.8 Å². The number of anilines is 7. The van der Waals surface area contributed by atoms with Crippen molar-refractivity contribution in [3.63, 3.8) is 0 Å². The molecule has 396 valence electrons. The highest BCUT2D eigenvalue weighted by atomic mass is 32.2. The number of rotatable bonds is 15. The minimum Gasteiger partial charge on any atom is -0.497 e. The Hall–Kier alpha value is -8.64. The summed E-state index contributed by atoms with van der Waals surface area (Å²) in [5.74, 6) is 2.37. The van der Waals surface area contributed by atoms with E-state index in [0.717, 1.165) is 69.9 Å². The highest BCUT2D eigenvalue weighted by Crippen LogP contribution is 2.42. The number of piperidine rings is 2. The molecular formula is C59H60N8O9S. The largest absolute Gasteiger partial charge is 0.497 e. The molecule has 0 radical (unpaired) electrons. The van der Waals surface area contributed by atoms with Gasteiger partial charge in [-0.1, -0.05) is 48.5 Å². The Morgan fingerprint density at radius 2 is 1.44 bits per heavy atom. The number of methoxy groups -OCH3 is 2. The van der Waals surface area contributed by atoms with Crippen LogP contribution in [0.1, 0.15) is 53.3 Å². The van der Waals surface area contributed by atoms with Gasteiger partial charge in [-0.05, 0) is 115 Å². The summed E-state index contributed by atoms with van der Waals surface area (Å²) < 4.78 is 51.1. The molecule has 0 spiro atoms. The van der Waals surface area contributed by atoms with Crippen LogP contribution in [0.25, 0.3) is 22.3 Å². The average Bonchev–Trinajstić information content (AvgIpc) is 3.69. The van der Waals surface area contributed by atoms with E-state index in [1.165, 1.54) is 11.1 Å². The minimum atomic E-state index is -3.93. The fraction of sp³-hybridized carbons (Fsp3) is 0.271. The summed E-state index contributed by atoms with van der Waals surface area (Å²) in [5.41, 5.74) is 7.04. The zero-order valence-electron chi connectivity index (χ0n) is 43.6. The SMILES string of the molecule is CCOc1cc(N2CCC(C(=O)N3CCC(Oc4ccc(-c5ccc(NC(=O)c6ccc(OC)c(-c7cccc(OC)c7)c6)cc5)cc4)CC3)CC2)ccc1Nc1ncc2c(n1)N(S(C)(=O)=O)c1ccccc1C(=O)N2C. The topological polar surface area (TPSA) is 185 Å². The first-order valence-corrected chi connectivity index (χ1v) is 27.5. The van der Waals surface area contributed by atoms with Gasteiger partial charge in [0.25, 0.3) is 11.8 Å². The van der Waals surface area contributed by atoms with Crippen molar-refractivity contribution in [1.82, 2.24) is 14.9 Å². The number of fused-ring (bicyclic) bond motifs is 2. The van der Waals surface area contributed by atoms with Crippen LogP contribution in [0, 0.1) is 5.92 Å². The van der Waals surface area contributed by atoms with Gasteiger partial charge in [-0.25, -0.2) is 17.7 Å². The maximum absolute atomic E-state index is 13.9. The summed E-state index contributed by atoms with van der Waals surface area (Å²) >= 11 is 0. The van der Waals surface area contributed by atoms with Crippen molar-refractivity contribution in [2.24, 2.45) is 5.92 Å². The Morgan fingerprint density at radius 1 is 0.714 bits per heavy atom. The summed E-state index contributed by atoms with van der Waals surface area (Å²) in [6, 6.07) is 41.1. The number of hydrogen-bond donors (Lipinski definition) is 2. The third-order valence-corrected chi connectivity index (χ3v) is 15.3. The first kappa shape index (κ1) is 51.8. The lowest BCUT2D eigenvalue weighted by Crippen LogP contribution is -2.47. The summed E-state index contributed by atoms with van der Waals surface area (Å²) in [5, 5.41) is 6.23. The first-order valence-electron chi connectivity index (χ1n) is 25.6. The Kier molecular flexibility index (Phi) is 15.0. The standard InChI is InChI=1S/C59H60N8O9S/c1-6-75-54-36-44(21-24-50(54)62-59-60-37-52-55(63-59)67(77(5,71)72)51-13-8-7-12-48(51)58(70)64(52)2)65-30-26-40(27-31-65)57(69)66-32-28-46(29-33-66)76-45-22-16-39(17-23-45)38-14-19-43(20-15-38)61-56(68)42-18-25-53(74-4)49(35-42)41-10-9-11-47(34-41)73-3/h7-25,34-37,40,46H,6,26-33H2,1-5H3,(H,61,68)(H,60,62,63). The molecule has 4 heterocycles. The lowest BCUT2D eigenvalue weighted by molar-refractivity contribution is -0.138. The van der Waals surface area contributed by atoms with E-state index in [-0.39, 0.29) is 58.4 Å². The van der Waals surface area contributed by atoms with E-state index in [2.05, 4.69) is 25.5 Å². The highest BCUT2D eigenvalue weighted by Gasteiger charge is 2.36. The molecule has 0 unspecified atom stereocenters. The van der Waals surface area contributed by atoms with E-state index in [9.17, 15) is 22.8 Å². The molecule has 0 bridgehead atoms. The second-order valence-corrected chi connectivity index (χ2v) is 21.0. The van der Waals surface area contributed by atoms with E-state index in [4.69, 9.17) is 18.9 Å². The minimum absolute atomic E-state index is 0.000598. The third-order valence-electron chi connectivity index (χ3n) is 14.2. The average molecular weight is 1060 g/mol. The number of hydrogen-bond acceptors (Lipinski definition) is 13. The van der Waals surface area contributed by atoms with Crippen LogP contribution in [0.5, 0.6) is 23.0 Å². The molecule has 0 saturated carbocycles. The number of carbonyl (C=O) groups excluding carboxylic acids is 3. The van der Waals surface area contributed by atoms with Gasteiger partial charge < -0.3 is 44.3 Å². The summed E-state index contributed by atoms with van der Waals surface area (Å²) in [4.78, 5) is 55.3. The van der Waals surface area contributed by atoms with Gasteiger partial charge in [-0.2, -0.15) is 4.98 Å². The van der Waals surface area contributed by atoms with E-state index >= 15 is 0 Å². The van der Waals surface area contributed by atoms with Gasteiger partial charge in [-0.3, -0.25) is 14.4 Å². The molecule has 6 aromatic carbocycles. The number of amides is 3. The van der Waals surface area contributed by atoms with Crippen molar-refractivity contribution >= 4 is 67.9 Å². The molecule has 3 aliphatic rings. The molecule has 18 heteroatoms. The molecule has 2 fully saturated rings. The number of nitrogens with one attached hydrogen (secondary N) is 2. The monoisotopic (exact) mass is 1060 g/mol. The molecule has 2 N–H and O–H groups in total. The van der Waals surface area contributed by atoms with Gasteiger partial charge in [0.2, 0.25) is 21.9 Å². The van der Waals surface area contributed by atoms with Crippen LogP contribution in [0.4, 0.5) is 40.2 Å². The number of ether oxygens (including phenoxy) is 4. The van der Waals surface area contributed by atoms with Crippen molar-refractivity contribution in [3.05, 3.63) is 151 Å². The number of sulfonamides is 1. The fourth-order valence-electron chi connectivity index (χ4n) is 10.2. The molecule has 17 nitrogen and oxygen atoms in total. The summed E-state index contributed by atoms with van der Waals surface area (Å²) in [6.07, 6.45) is 5.44. The second-order valence-electron chi connectivity index (χ2n) is 19.2. The maximum atomic E-state index is 13.9. The van der Waals surface area contributed by atoms with Crippen LogP contribution in [-0.4, -0.2) is 107 Å². The van der Waals surface area contributed by atoms with Gasteiger partial charge in [-0.15, -0.1) is 0 Å². The van der Waals surface area contributed by atoms with Gasteiger partial charge in [0, 0.05) is 80.6 Å². The normalized spacial score (nSPS) is 15.0. The predicted molar refractivity (Wildman–Crippen MR) is 299 cm³/mol. The van der Waals surface area contributed by atoms with E-state index in [1.54, 1.807) is 57.7 Å². The Balaban J connectivity index is 0.701. The number of carbonyl (C=O) groups is 3. The van der Waals surface area contributed by atoms with Crippen LogP contribution in [0.2, 0.25) is 0 Å². The Labute approximate surface area is 448 Å². The molecule has 3 amide bonds. The number of likely N-dealkylation sites (tertiary alicyclic amines) is 1. The number of aromatic nitrogens is 2. The van der Waals surface area contributed by atoms with Crippen LogP contribution < -0.4 is 43.7 Å². The second kappa shape index (κ2) is 22.3. The molecule has 0 aliphatic carbocycles. The summed E-state index contributed by atoms with van der Waals surface area (Å²) in [6.45, 7) is 4.96. The van der Waals surface area contributed by atoms with Gasteiger partial charge >= 0.3 is 0 Å². The Morgan fingerprint density at radius 3 is 2.14 bits per heavy atom. The van der Waals surface area contributed by atoms with Crippen molar-refractivity contribution in [1.29, 1.82) is 0 Å². The van der Waals surface area contributed by atoms with Gasteiger partial charge in [0.15, 0.2) is 5.82 Å². The molecule has 0 atom stereocenters. The molecule has 77 heavy (non-hydrogen) atoms. The number of nitrogens with zero attached hydrogens (tertiary/aromatic N) is 6. The maximum Gasteiger partial charge on any atom is 0.260 e. The lowest BCUT2D eigenvalue weighted by Gasteiger charge is -2.38. The highest BCUT2D eigenvalue weighted by molar-refractivity contribution is 7.92. The molecule has 3 aliphatic heterocycles. The van der Waals surface area contributed by atoms with Crippen molar-refractivity contribution < 1.29 is 41.7 Å². The molecule has 1 aromatic heterocycles. The van der Waals surface area contributed by atoms with E-state index in [0.29, 0.717) is 67.0 Å². The number of para-hydroxylation sites is 1. The lowest BCUT2D eigenvalue weighted by atomic mass is 9.93. The van der Waals surface area contributed by atoms with Crippen molar-refractivity contribution in [3.8, 4) is 45.3 Å². The molecular weight excluding hydrogens is 997 g/mol. The fourth-order valence-corrected chi connectivity index (χ4v) is 11.1. The van der Waals surface area contributed by atoms with E-state index in [1.807, 2.05) is 109 Å². The van der Waals surface area contributed by atoms with Crippen LogP contribution >= 0.6 is 0 Å². The van der Waals surface area contributed by atoms with Crippen LogP contribution in [0.15, 0.2) is 140 Å². The predicted octanol–water partition coefficient (Wildman–Crippen LogP) is 10.2. The third kappa shape index (κ3) is 11.2. The summed E-state index contributed by atoms with van der Waals surface area (Å²) in [7, 11) is 0.855. The van der Waals surface area contributed by atoms with Crippen molar-refractivity contribution in [2.75, 3.05) is 85.0 Å². The Bertz CT molecular complexity index is 3430. The molecule has 7 aromatic rings. The zero-order valence-corrected chi connectivity index (χ0v) is 44.4. The molecule has 10 rings (SSSR count). The number of benzene rings is 6. The quantitative estimate of drug-likeness (QED) is 0.0989. The van der Waals surface area contributed by atoms with Crippen LogP contribution in [0.3, 0.4) is 0 Å². The first-order chi connectivity index (χ1) is 37.3. The van der Waals surface area contributed by atoms with Crippen LogP contribution in [-0.2, 0) is 14.8 Å². The van der Waals surface area contributed by atoms with Gasteiger partial charge in [0.05, 0.1) is 50.2 Å². The smallest absolute Gasteiger partial charge is 0.260 e.